The van der Waals surface area contributed by atoms with Gasteiger partial charge in [0.15, 0.2) is 0 Å². The molecule has 1 N–H and O–H groups in total. The molecule has 2 amide bonds. The number of H-pyrrole nitrogens is 1. The Bertz CT molecular complexity index is 966. The molecule has 0 radical (unpaired) electrons. The van der Waals surface area contributed by atoms with E-state index in [4.69, 9.17) is 4.74 Å². The summed E-state index contributed by atoms with van der Waals surface area (Å²) in [7, 11) is 0. The highest BCUT2D eigenvalue weighted by Gasteiger charge is 2.47. The van der Waals surface area contributed by atoms with E-state index >= 15 is 0 Å². The summed E-state index contributed by atoms with van der Waals surface area (Å²) in [5.74, 6) is -0.677. The average molecular weight is 399 g/mol. The van der Waals surface area contributed by atoms with Gasteiger partial charge >= 0.3 is 0 Å². The van der Waals surface area contributed by atoms with Crippen molar-refractivity contribution in [3.8, 4) is 0 Å². The SMILES string of the molecule is O=C(c1cc[nH]c(=O)c1)N1CCC(=O)N(Cc2ccc(F)cc2)C2(CCOC2)C1. The molecule has 2 aliphatic rings. The van der Waals surface area contributed by atoms with Crippen molar-refractivity contribution in [2.24, 2.45) is 0 Å². The topological polar surface area (TPSA) is 82.7 Å². The number of pyridine rings is 1. The van der Waals surface area contributed by atoms with E-state index in [2.05, 4.69) is 4.98 Å². The summed E-state index contributed by atoms with van der Waals surface area (Å²) in [6.07, 6.45) is 2.23. The largest absolute Gasteiger partial charge is 0.379 e. The van der Waals surface area contributed by atoms with E-state index in [1.165, 1.54) is 24.4 Å². The first kappa shape index (κ1) is 19.3. The molecule has 4 rings (SSSR count). The van der Waals surface area contributed by atoms with Crippen molar-refractivity contribution in [3.63, 3.8) is 0 Å². The van der Waals surface area contributed by atoms with Crippen LogP contribution in [0.1, 0.15) is 28.8 Å². The van der Waals surface area contributed by atoms with Gasteiger partial charge in [-0.15, -0.1) is 0 Å². The maximum atomic E-state index is 13.3. The van der Waals surface area contributed by atoms with Crippen LogP contribution in [0, 0.1) is 5.82 Å². The third-order valence-corrected chi connectivity index (χ3v) is 5.60. The molecular formula is C21H22FN3O4. The first-order chi connectivity index (χ1) is 14.0. The average Bonchev–Trinajstić information content (AvgIpc) is 3.14. The lowest BCUT2D eigenvalue weighted by Crippen LogP contribution is -2.56. The number of aromatic amines is 1. The molecule has 1 spiro atoms. The zero-order valence-electron chi connectivity index (χ0n) is 15.9. The highest BCUT2D eigenvalue weighted by molar-refractivity contribution is 5.94. The molecule has 1 aromatic carbocycles. The fourth-order valence-electron chi connectivity index (χ4n) is 4.05. The smallest absolute Gasteiger partial charge is 0.254 e. The Morgan fingerprint density at radius 2 is 2.00 bits per heavy atom. The zero-order valence-corrected chi connectivity index (χ0v) is 15.9. The molecule has 7 nitrogen and oxygen atoms in total. The predicted molar refractivity (Wildman–Crippen MR) is 103 cm³/mol. The van der Waals surface area contributed by atoms with Gasteiger partial charge in [-0.25, -0.2) is 4.39 Å². The van der Waals surface area contributed by atoms with Gasteiger partial charge in [0, 0.05) is 50.5 Å². The Kier molecular flexibility index (Phi) is 5.19. The van der Waals surface area contributed by atoms with Crippen molar-refractivity contribution in [1.29, 1.82) is 0 Å². The van der Waals surface area contributed by atoms with Gasteiger partial charge < -0.3 is 19.5 Å². The maximum absolute atomic E-state index is 13.3. The van der Waals surface area contributed by atoms with Crippen molar-refractivity contribution < 1.29 is 18.7 Å². The molecule has 1 unspecified atom stereocenters. The number of rotatable bonds is 3. The summed E-state index contributed by atoms with van der Waals surface area (Å²) in [4.78, 5) is 43.5. The number of amides is 2. The molecule has 29 heavy (non-hydrogen) atoms. The molecule has 0 aliphatic carbocycles. The summed E-state index contributed by atoms with van der Waals surface area (Å²) in [6.45, 7) is 1.76. The van der Waals surface area contributed by atoms with Gasteiger partial charge in [0.2, 0.25) is 11.5 Å². The molecule has 1 atom stereocenters. The lowest BCUT2D eigenvalue weighted by molar-refractivity contribution is -0.137. The Hall–Kier alpha value is -3.00. The number of aromatic nitrogens is 1. The van der Waals surface area contributed by atoms with Gasteiger partial charge in [0.25, 0.3) is 5.91 Å². The Balaban J connectivity index is 1.63. The normalized spacial score (nSPS) is 22.2. The number of carbonyl (C=O) groups is 2. The molecular weight excluding hydrogens is 377 g/mol. The molecule has 2 aliphatic heterocycles. The van der Waals surface area contributed by atoms with Gasteiger partial charge in [-0.2, -0.15) is 0 Å². The van der Waals surface area contributed by atoms with E-state index in [0.29, 0.717) is 38.3 Å². The number of nitrogens with zero attached hydrogens (tertiary/aromatic N) is 2. The number of nitrogens with one attached hydrogen (secondary N) is 1. The third-order valence-electron chi connectivity index (χ3n) is 5.60. The Labute approximate surface area is 167 Å². The summed E-state index contributed by atoms with van der Waals surface area (Å²) in [5, 5.41) is 0. The third kappa shape index (κ3) is 3.93. The molecule has 8 heteroatoms. The van der Waals surface area contributed by atoms with Crippen LogP contribution in [0.15, 0.2) is 47.4 Å². The highest BCUT2D eigenvalue weighted by Crippen LogP contribution is 2.32. The van der Waals surface area contributed by atoms with Crippen LogP contribution in [0.5, 0.6) is 0 Å². The summed E-state index contributed by atoms with van der Waals surface area (Å²) >= 11 is 0. The summed E-state index contributed by atoms with van der Waals surface area (Å²) in [6, 6.07) is 8.90. The molecule has 2 aromatic rings. The van der Waals surface area contributed by atoms with Crippen LogP contribution in [0.3, 0.4) is 0 Å². The lowest BCUT2D eigenvalue weighted by atomic mass is 9.94. The van der Waals surface area contributed by atoms with Gasteiger partial charge in [-0.05, 0) is 30.2 Å². The molecule has 2 fully saturated rings. The molecule has 0 bridgehead atoms. The van der Waals surface area contributed by atoms with Crippen LogP contribution in [0.25, 0.3) is 0 Å². The van der Waals surface area contributed by atoms with Gasteiger partial charge in [0.1, 0.15) is 5.82 Å². The van der Waals surface area contributed by atoms with Crippen LogP contribution in [-0.2, 0) is 16.1 Å². The van der Waals surface area contributed by atoms with Gasteiger partial charge in [-0.1, -0.05) is 12.1 Å². The minimum Gasteiger partial charge on any atom is -0.379 e. The minimum absolute atomic E-state index is 0.0685. The van der Waals surface area contributed by atoms with E-state index in [1.807, 2.05) is 0 Å². The highest BCUT2D eigenvalue weighted by atomic mass is 19.1. The number of hydrogen-bond donors (Lipinski definition) is 1. The predicted octanol–water partition coefficient (Wildman–Crippen LogP) is 1.55. The van der Waals surface area contributed by atoms with E-state index in [-0.39, 0.29) is 36.2 Å². The fourth-order valence-corrected chi connectivity index (χ4v) is 4.05. The van der Waals surface area contributed by atoms with Crippen LogP contribution >= 0.6 is 0 Å². The van der Waals surface area contributed by atoms with E-state index in [0.717, 1.165) is 5.56 Å². The molecule has 3 heterocycles. The number of carbonyl (C=O) groups excluding carboxylic acids is 2. The fraction of sp³-hybridized carbons (Fsp3) is 0.381. The van der Waals surface area contributed by atoms with E-state index in [9.17, 15) is 18.8 Å². The summed E-state index contributed by atoms with van der Waals surface area (Å²) in [5.41, 5.74) is 0.125. The Morgan fingerprint density at radius 3 is 2.69 bits per heavy atom. The zero-order chi connectivity index (χ0) is 20.4. The second-order valence-corrected chi connectivity index (χ2v) is 7.55. The van der Waals surface area contributed by atoms with Crippen LogP contribution in [-0.4, -0.2) is 58.4 Å². The van der Waals surface area contributed by atoms with Crippen molar-refractivity contribution >= 4 is 11.8 Å². The molecule has 152 valence electrons. The quantitative estimate of drug-likeness (QED) is 0.849. The van der Waals surface area contributed by atoms with E-state index < -0.39 is 5.54 Å². The minimum atomic E-state index is -0.640. The second kappa shape index (κ2) is 7.79. The molecule has 0 saturated carbocycles. The van der Waals surface area contributed by atoms with Crippen molar-refractivity contribution in [3.05, 3.63) is 69.9 Å². The van der Waals surface area contributed by atoms with Gasteiger partial charge in [-0.3, -0.25) is 14.4 Å². The second-order valence-electron chi connectivity index (χ2n) is 7.55. The molecule has 2 saturated heterocycles. The standard InChI is InChI=1S/C21H22FN3O4/c22-17-3-1-15(2-4-17)12-25-19(27)6-9-24(13-21(25)7-10-29-14-21)20(28)16-5-8-23-18(26)11-16/h1-5,8,11H,6-7,9-10,12-14H2,(H,23,26). The van der Waals surface area contributed by atoms with Crippen LogP contribution in [0.2, 0.25) is 0 Å². The number of benzene rings is 1. The number of halogens is 1. The monoisotopic (exact) mass is 399 g/mol. The Morgan fingerprint density at radius 1 is 1.21 bits per heavy atom. The first-order valence-electron chi connectivity index (χ1n) is 9.58. The van der Waals surface area contributed by atoms with Gasteiger partial charge in [0.05, 0.1) is 12.1 Å². The number of ether oxygens (including phenoxy) is 1. The van der Waals surface area contributed by atoms with Crippen molar-refractivity contribution in [2.75, 3.05) is 26.3 Å². The van der Waals surface area contributed by atoms with E-state index in [1.54, 1.807) is 28.0 Å². The van der Waals surface area contributed by atoms with Crippen molar-refractivity contribution in [2.45, 2.75) is 24.9 Å². The summed E-state index contributed by atoms with van der Waals surface area (Å²) < 4.78 is 18.9. The van der Waals surface area contributed by atoms with Crippen molar-refractivity contribution in [1.82, 2.24) is 14.8 Å². The first-order valence-corrected chi connectivity index (χ1v) is 9.58. The molecule has 1 aromatic heterocycles. The number of hydrogen-bond acceptors (Lipinski definition) is 4. The van der Waals surface area contributed by atoms with Crippen LogP contribution in [0.4, 0.5) is 4.39 Å². The lowest BCUT2D eigenvalue weighted by Gasteiger charge is -2.40. The maximum Gasteiger partial charge on any atom is 0.254 e. The van der Waals surface area contributed by atoms with Crippen LogP contribution < -0.4 is 5.56 Å².